The molecule has 2 aromatic rings. The number of benzene rings is 1. The van der Waals surface area contributed by atoms with E-state index in [1.54, 1.807) is 18.2 Å². The summed E-state index contributed by atoms with van der Waals surface area (Å²) in [4.78, 5) is 9.93. The molecule has 0 radical (unpaired) electrons. The SMILES string of the molecule is O=[N+]([O-])c1ccc(-c2ccno2)cc1. The topological polar surface area (TPSA) is 69.2 Å². The first-order valence-electron chi connectivity index (χ1n) is 3.93. The number of hydrogen-bond acceptors (Lipinski definition) is 4. The first kappa shape index (κ1) is 8.43. The van der Waals surface area contributed by atoms with Crippen molar-refractivity contribution in [3.8, 4) is 11.3 Å². The van der Waals surface area contributed by atoms with Gasteiger partial charge in [0, 0.05) is 23.8 Å². The van der Waals surface area contributed by atoms with Crippen molar-refractivity contribution in [2.24, 2.45) is 0 Å². The predicted molar refractivity (Wildman–Crippen MR) is 48.6 cm³/mol. The highest BCUT2D eigenvalue weighted by Crippen LogP contribution is 2.21. The molecule has 0 fully saturated rings. The highest BCUT2D eigenvalue weighted by atomic mass is 16.6. The molecule has 0 atom stereocenters. The van der Waals surface area contributed by atoms with Gasteiger partial charge in [-0.25, -0.2) is 0 Å². The molecule has 0 aliphatic carbocycles. The van der Waals surface area contributed by atoms with Crippen LogP contribution in [0.5, 0.6) is 0 Å². The van der Waals surface area contributed by atoms with E-state index < -0.39 is 4.92 Å². The summed E-state index contributed by atoms with van der Waals surface area (Å²) in [5.41, 5.74) is 0.835. The maximum absolute atomic E-state index is 10.4. The maximum Gasteiger partial charge on any atom is 0.269 e. The summed E-state index contributed by atoms with van der Waals surface area (Å²) in [5, 5.41) is 13.9. The lowest BCUT2D eigenvalue weighted by Crippen LogP contribution is -1.86. The van der Waals surface area contributed by atoms with Gasteiger partial charge in [-0.05, 0) is 12.1 Å². The smallest absolute Gasteiger partial charge is 0.269 e. The zero-order valence-electron chi connectivity index (χ0n) is 7.08. The molecule has 0 unspecified atom stereocenters. The highest BCUT2D eigenvalue weighted by Gasteiger charge is 2.06. The number of nitrogens with zero attached hydrogens (tertiary/aromatic N) is 2. The molecule has 0 amide bonds. The Bertz CT molecular complexity index is 434. The summed E-state index contributed by atoms with van der Waals surface area (Å²) in [6, 6.07) is 7.80. The molecular formula is C9H6N2O3. The molecule has 1 aromatic carbocycles. The maximum atomic E-state index is 10.4. The summed E-state index contributed by atoms with van der Waals surface area (Å²) >= 11 is 0. The van der Waals surface area contributed by atoms with Crippen molar-refractivity contribution in [2.75, 3.05) is 0 Å². The number of rotatable bonds is 2. The normalized spacial score (nSPS) is 10.0. The minimum absolute atomic E-state index is 0.0632. The van der Waals surface area contributed by atoms with Crippen molar-refractivity contribution < 1.29 is 9.45 Å². The number of hydrogen-bond donors (Lipinski definition) is 0. The van der Waals surface area contributed by atoms with E-state index >= 15 is 0 Å². The fraction of sp³-hybridized carbons (Fsp3) is 0. The van der Waals surface area contributed by atoms with Crippen LogP contribution in [-0.2, 0) is 0 Å². The summed E-state index contributed by atoms with van der Waals surface area (Å²) in [5.74, 6) is 0.597. The van der Waals surface area contributed by atoms with Gasteiger partial charge in [0.25, 0.3) is 5.69 Å². The Hall–Kier alpha value is -2.17. The van der Waals surface area contributed by atoms with E-state index in [-0.39, 0.29) is 5.69 Å². The van der Waals surface area contributed by atoms with Gasteiger partial charge in [-0.1, -0.05) is 5.16 Å². The van der Waals surface area contributed by atoms with Crippen LogP contribution in [0.3, 0.4) is 0 Å². The van der Waals surface area contributed by atoms with Crippen LogP contribution in [0.15, 0.2) is 41.1 Å². The van der Waals surface area contributed by atoms with E-state index in [4.69, 9.17) is 4.52 Å². The molecule has 0 aliphatic heterocycles. The minimum Gasteiger partial charge on any atom is -0.356 e. The van der Waals surface area contributed by atoms with Gasteiger partial charge < -0.3 is 4.52 Å². The second kappa shape index (κ2) is 3.29. The summed E-state index contributed by atoms with van der Waals surface area (Å²) in [6.07, 6.45) is 1.52. The van der Waals surface area contributed by atoms with Gasteiger partial charge in [-0.2, -0.15) is 0 Å². The van der Waals surface area contributed by atoms with Crippen LogP contribution in [0.2, 0.25) is 0 Å². The zero-order valence-corrected chi connectivity index (χ0v) is 7.08. The number of aromatic nitrogens is 1. The van der Waals surface area contributed by atoms with Crippen LogP contribution in [-0.4, -0.2) is 10.1 Å². The Morgan fingerprint density at radius 2 is 1.93 bits per heavy atom. The fourth-order valence-electron chi connectivity index (χ4n) is 1.11. The summed E-state index contributed by atoms with van der Waals surface area (Å²) in [7, 11) is 0. The monoisotopic (exact) mass is 190 g/mol. The summed E-state index contributed by atoms with van der Waals surface area (Å²) in [6.45, 7) is 0. The van der Waals surface area contributed by atoms with Crippen molar-refractivity contribution in [1.82, 2.24) is 5.16 Å². The molecule has 0 saturated heterocycles. The molecule has 1 aromatic heterocycles. The molecule has 5 nitrogen and oxygen atoms in total. The van der Waals surface area contributed by atoms with Crippen LogP contribution in [0, 0.1) is 10.1 Å². The van der Waals surface area contributed by atoms with E-state index in [0.29, 0.717) is 5.76 Å². The molecule has 0 bridgehead atoms. The minimum atomic E-state index is -0.440. The lowest BCUT2D eigenvalue weighted by Gasteiger charge is -1.94. The second-order valence-electron chi connectivity index (χ2n) is 2.68. The van der Waals surface area contributed by atoms with Gasteiger partial charge in [-0.15, -0.1) is 0 Å². The van der Waals surface area contributed by atoms with Crippen LogP contribution < -0.4 is 0 Å². The van der Waals surface area contributed by atoms with E-state index in [1.807, 2.05) is 0 Å². The van der Waals surface area contributed by atoms with E-state index in [1.165, 1.54) is 18.3 Å². The van der Waals surface area contributed by atoms with Gasteiger partial charge in [0.05, 0.1) is 11.1 Å². The van der Waals surface area contributed by atoms with E-state index in [2.05, 4.69) is 5.16 Å². The van der Waals surface area contributed by atoms with Crippen molar-refractivity contribution >= 4 is 5.69 Å². The largest absolute Gasteiger partial charge is 0.356 e. The fourth-order valence-corrected chi connectivity index (χ4v) is 1.11. The molecule has 0 N–H and O–H groups in total. The average molecular weight is 190 g/mol. The molecule has 2 rings (SSSR count). The standard InChI is InChI=1S/C9H6N2O3/c12-11(13)8-3-1-7(2-4-8)9-5-6-10-14-9/h1-6H. The Morgan fingerprint density at radius 1 is 1.21 bits per heavy atom. The highest BCUT2D eigenvalue weighted by molar-refractivity contribution is 5.58. The Balaban J connectivity index is 2.36. The molecule has 70 valence electrons. The Kier molecular flexibility index (Phi) is 1.98. The molecular weight excluding hydrogens is 184 g/mol. The van der Waals surface area contributed by atoms with Gasteiger partial charge in [-0.3, -0.25) is 10.1 Å². The van der Waals surface area contributed by atoms with Gasteiger partial charge in [0.2, 0.25) is 0 Å². The third kappa shape index (κ3) is 1.47. The molecule has 0 aliphatic rings. The third-order valence-corrected chi connectivity index (χ3v) is 1.80. The van der Waals surface area contributed by atoms with Crippen molar-refractivity contribution in [2.45, 2.75) is 0 Å². The molecule has 0 saturated carbocycles. The Morgan fingerprint density at radius 3 is 2.43 bits per heavy atom. The van der Waals surface area contributed by atoms with Crippen molar-refractivity contribution in [3.63, 3.8) is 0 Å². The first-order valence-corrected chi connectivity index (χ1v) is 3.93. The molecule has 0 spiro atoms. The zero-order chi connectivity index (χ0) is 9.97. The van der Waals surface area contributed by atoms with Crippen LogP contribution in [0.4, 0.5) is 5.69 Å². The quantitative estimate of drug-likeness (QED) is 0.537. The van der Waals surface area contributed by atoms with E-state index in [9.17, 15) is 10.1 Å². The summed E-state index contributed by atoms with van der Waals surface area (Å²) < 4.78 is 4.90. The third-order valence-electron chi connectivity index (χ3n) is 1.80. The van der Waals surface area contributed by atoms with Crippen LogP contribution >= 0.6 is 0 Å². The molecule has 5 heteroatoms. The first-order chi connectivity index (χ1) is 6.77. The van der Waals surface area contributed by atoms with E-state index in [0.717, 1.165) is 5.56 Å². The number of non-ortho nitro benzene ring substituents is 1. The average Bonchev–Trinajstić information content (AvgIpc) is 2.71. The van der Waals surface area contributed by atoms with Gasteiger partial charge >= 0.3 is 0 Å². The lowest BCUT2D eigenvalue weighted by atomic mass is 10.1. The second-order valence-corrected chi connectivity index (χ2v) is 2.68. The van der Waals surface area contributed by atoms with Crippen molar-refractivity contribution in [1.29, 1.82) is 0 Å². The van der Waals surface area contributed by atoms with Crippen LogP contribution in [0.1, 0.15) is 0 Å². The van der Waals surface area contributed by atoms with Crippen molar-refractivity contribution in [3.05, 3.63) is 46.6 Å². The number of nitro groups is 1. The number of nitro benzene ring substituents is 1. The Labute approximate surface area is 79.1 Å². The predicted octanol–water partition coefficient (Wildman–Crippen LogP) is 2.25. The van der Waals surface area contributed by atoms with Crippen LogP contribution in [0.25, 0.3) is 11.3 Å². The molecule has 1 heterocycles. The van der Waals surface area contributed by atoms with Gasteiger partial charge in [0.1, 0.15) is 0 Å². The lowest BCUT2D eigenvalue weighted by molar-refractivity contribution is -0.384. The molecule has 14 heavy (non-hydrogen) atoms. The van der Waals surface area contributed by atoms with Gasteiger partial charge in [0.15, 0.2) is 5.76 Å².